The predicted octanol–water partition coefficient (Wildman–Crippen LogP) is 1.24. The van der Waals surface area contributed by atoms with Gasteiger partial charge in [0.1, 0.15) is 6.04 Å². The van der Waals surface area contributed by atoms with Crippen LogP contribution in [0.2, 0.25) is 0 Å². The fourth-order valence-electron chi connectivity index (χ4n) is 3.16. The van der Waals surface area contributed by atoms with Gasteiger partial charge in [0, 0.05) is 34.3 Å². The van der Waals surface area contributed by atoms with E-state index < -0.39 is 24.0 Å². The van der Waals surface area contributed by atoms with Gasteiger partial charge in [-0.1, -0.05) is 12.1 Å². The third kappa shape index (κ3) is 2.87. The summed E-state index contributed by atoms with van der Waals surface area (Å²) in [6, 6.07) is 7.54. The van der Waals surface area contributed by atoms with E-state index in [1.165, 1.54) is 36.0 Å². The van der Waals surface area contributed by atoms with Crippen molar-refractivity contribution >= 4 is 53.2 Å². The molecule has 2 saturated heterocycles. The van der Waals surface area contributed by atoms with Crippen molar-refractivity contribution in [3.8, 4) is 6.07 Å². The first-order chi connectivity index (χ1) is 10.8. The van der Waals surface area contributed by atoms with Gasteiger partial charge in [-0.15, -0.1) is 11.8 Å². The molecule has 2 N–H and O–H groups in total. The van der Waals surface area contributed by atoms with Gasteiger partial charge >= 0.3 is 5.97 Å². The Morgan fingerprint density at radius 2 is 1.96 bits per heavy atom. The van der Waals surface area contributed by atoms with E-state index in [0.29, 0.717) is 5.56 Å². The monoisotopic (exact) mass is 355 g/mol. The first kappa shape index (κ1) is 19.3. The number of thioether (sulfide) groups is 1. The number of carbonyl (C=O) groups is 2. The molecule has 6 nitrogen and oxygen atoms in total. The quantitative estimate of drug-likeness (QED) is 0.625. The topological polar surface area (TPSA) is 102 Å². The fourth-order valence-corrected chi connectivity index (χ4v) is 4.83. The third-order valence-electron chi connectivity index (χ3n) is 4.44. The number of aromatic carboxylic acids is 1. The molecule has 0 aliphatic carbocycles. The van der Waals surface area contributed by atoms with Gasteiger partial charge in [0.25, 0.3) is 0 Å². The summed E-state index contributed by atoms with van der Waals surface area (Å²) in [6.45, 7) is 3.84. The summed E-state index contributed by atoms with van der Waals surface area (Å²) in [5.74, 6) is -1.87. The molecule has 0 saturated carbocycles. The summed E-state index contributed by atoms with van der Waals surface area (Å²) in [4.78, 5) is 24.8. The number of aliphatic hydroxyl groups is 1. The van der Waals surface area contributed by atoms with Crippen molar-refractivity contribution in [1.29, 1.82) is 5.26 Å². The maximum atomic E-state index is 12.4. The molecule has 4 atom stereocenters. The minimum atomic E-state index is -1.04. The van der Waals surface area contributed by atoms with Crippen LogP contribution in [0.3, 0.4) is 0 Å². The number of amides is 1. The van der Waals surface area contributed by atoms with Crippen molar-refractivity contribution in [2.45, 2.75) is 36.1 Å². The first-order valence-corrected chi connectivity index (χ1v) is 8.07. The molecule has 1 aromatic carbocycles. The van der Waals surface area contributed by atoms with Crippen LogP contribution in [0.25, 0.3) is 0 Å². The molecule has 24 heavy (non-hydrogen) atoms. The van der Waals surface area contributed by atoms with E-state index in [2.05, 4.69) is 6.07 Å². The number of fused-ring (bicyclic) bond motifs is 1. The second-order valence-electron chi connectivity index (χ2n) is 6.29. The zero-order valence-electron chi connectivity index (χ0n) is 13.6. The Morgan fingerprint density at radius 3 is 2.46 bits per heavy atom. The molecule has 1 radical (unpaired) electrons. The largest absolute Gasteiger partial charge is 0.478 e. The average Bonchev–Trinajstić information content (AvgIpc) is 2.74. The molecular weight excluding hydrogens is 339 g/mol. The van der Waals surface area contributed by atoms with E-state index in [1.807, 2.05) is 13.8 Å². The second-order valence-corrected chi connectivity index (χ2v) is 8.06. The van der Waals surface area contributed by atoms with Gasteiger partial charge in [-0.2, -0.15) is 5.26 Å². The number of rotatable bonds is 3. The van der Waals surface area contributed by atoms with E-state index in [9.17, 15) is 20.0 Å². The molecule has 1 aromatic rings. The summed E-state index contributed by atoms with van der Waals surface area (Å²) < 4.78 is -0.378. The number of aliphatic hydroxyl groups excluding tert-OH is 1. The van der Waals surface area contributed by atoms with E-state index in [-0.39, 0.29) is 51.1 Å². The molecule has 8 heteroatoms. The van der Waals surface area contributed by atoms with E-state index in [0.717, 1.165) is 0 Å². The smallest absolute Gasteiger partial charge is 0.335 e. The van der Waals surface area contributed by atoms with Gasteiger partial charge in [-0.3, -0.25) is 4.79 Å². The number of hydrogen-bond donors (Lipinski definition) is 2. The van der Waals surface area contributed by atoms with E-state index in [4.69, 9.17) is 5.11 Å². The second kappa shape index (κ2) is 6.70. The van der Waals surface area contributed by atoms with Crippen molar-refractivity contribution in [2.75, 3.05) is 0 Å². The Labute approximate surface area is 166 Å². The number of nitriles is 1. The standard InChI is InChI=1S/C16H16N2O4S.Na/c1-16(2)10(7-17)18-13(20)11(14(18)23-16)12(19)8-3-5-9(6-4-8)15(21)22;/h3-6,10-12,14,19H,1-2H3,(H,21,22);/t10-,11+,12?,14+;/m0./s1. The Bertz CT molecular complexity index is 716. The van der Waals surface area contributed by atoms with Crippen LogP contribution >= 0.6 is 11.8 Å². The van der Waals surface area contributed by atoms with Crippen LogP contribution in [0.15, 0.2) is 24.3 Å². The molecule has 0 bridgehead atoms. The van der Waals surface area contributed by atoms with Crippen LogP contribution in [0.1, 0.15) is 35.9 Å². The number of carboxylic acids is 1. The molecule has 121 valence electrons. The molecule has 2 aliphatic heterocycles. The molecule has 1 amide bonds. The molecule has 2 heterocycles. The van der Waals surface area contributed by atoms with Gasteiger partial charge in [0.05, 0.1) is 29.0 Å². The number of hydrogen-bond acceptors (Lipinski definition) is 5. The van der Waals surface area contributed by atoms with Crippen molar-refractivity contribution in [2.24, 2.45) is 5.92 Å². The normalized spacial score (nSPS) is 28.2. The summed E-state index contributed by atoms with van der Waals surface area (Å²) in [6.07, 6.45) is -1.01. The van der Waals surface area contributed by atoms with Gasteiger partial charge in [0.15, 0.2) is 0 Å². The Balaban J connectivity index is 0.00000208. The summed E-state index contributed by atoms with van der Waals surface area (Å²) >= 11 is 1.52. The zero-order chi connectivity index (χ0) is 16.9. The number of carbonyl (C=O) groups excluding carboxylic acids is 1. The first-order valence-electron chi connectivity index (χ1n) is 7.19. The minimum Gasteiger partial charge on any atom is -0.478 e. The maximum absolute atomic E-state index is 12.4. The molecule has 0 aromatic heterocycles. The van der Waals surface area contributed by atoms with Crippen LogP contribution in [0.5, 0.6) is 0 Å². The van der Waals surface area contributed by atoms with Crippen LogP contribution in [0.4, 0.5) is 0 Å². The van der Waals surface area contributed by atoms with Crippen molar-refractivity contribution in [3.05, 3.63) is 35.4 Å². The van der Waals surface area contributed by atoms with Crippen LogP contribution < -0.4 is 0 Å². The molecule has 1 unspecified atom stereocenters. The molecule has 0 spiro atoms. The Morgan fingerprint density at radius 1 is 1.38 bits per heavy atom. The average molecular weight is 355 g/mol. The van der Waals surface area contributed by atoms with Crippen molar-refractivity contribution < 1.29 is 19.8 Å². The maximum Gasteiger partial charge on any atom is 0.335 e. The van der Waals surface area contributed by atoms with Crippen molar-refractivity contribution in [3.63, 3.8) is 0 Å². The SMILES string of the molecule is CC1(C)S[C@@H]2[C@H](C(O)c3ccc(C(=O)O)cc3)C(=O)N2[C@H]1C#N.[Na]. The predicted molar refractivity (Wildman–Crippen MR) is 89.3 cm³/mol. The van der Waals surface area contributed by atoms with Crippen LogP contribution in [-0.4, -0.2) is 72.7 Å². The number of nitrogens with zero attached hydrogens (tertiary/aromatic N) is 2. The van der Waals surface area contributed by atoms with Gasteiger partial charge < -0.3 is 15.1 Å². The van der Waals surface area contributed by atoms with Crippen molar-refractivity contribution in [1.82, 2.24) is 4.90 Å². The number of benzene rings is 1. The summed E-state index contributed by atoms with van der Waals surface area (Å²) in [5, 5.41) is 28.5. The van der Waals surface area contributed by atoms with Gasteiger partial charge in [0.2, 0.25) is 5.91 Å². The molecular formula is C16H16N2NaO4S. The van der Waals surface area contributed by atoms with Gasteiger partial charge in [-0.05, 0) is 31.5 Å². The summed E-state index contributed by atoms with van der Waals surface area (Å²) in [5.41, 5.74) is 0.634. The van der Waals surface area contributed by atoms with E-state index in [1.54, 1.807) is 4.90 Å². The minimum absolute atomic E-state index is 0. The third-order valence-corrected chi connectivity index (χ3v) is 6.04. The Kier molecular flexibility index (Phi) is 5.38. The summed E-state index contributed by atoms with van der Waals surface area (Å²) in [7, 11) is 0. The number of β-lactam (4-membered cyclic amide) rings is 1. The fraction of sp³-hybridized carbons (Fsp3) is 0.438. The van der Waals surface area contributed by atoms with E-state index >= 15 is 0 Å². The number of carboxylic acid groups (broad SMARTS) is 1. The van der Waals surface area contributed by atoms with Crippen LogP contribution in [0, 0.1) is 17.2 Å². The molecule has 2 aliphatic rings. The van der Waals surface area contributed by atoms with Crippen LogP contribution in [-0.2, 0) is 4.79 Å². The molecule has 2 fully saturated rings. The van der Waals surface area contributed by atoms with Gasteiger partial charge in [-0.25, -0.2) is 4.79 Å². The Hall–Kier alpha value is -1.04. The molecule has 3 rings (SSSR count). The zero-order valence-corrected chi connectivity index (χ0v) is 16.4.